The van der Waals surface area contributed by atoms with Gasteiger partial charge in [-0.15, -0.1) is 0 Å². The summed E-state index contributed by atoms with van der Waals surface area (Å²) < 4.78 is 34.6. The Kier molecular flexibility index (Phi) is 11.5. The van der Waals surface area contributed by atoms with Gasteiger partial charge in [-0.25, -0.2) is 8.42 Å². The molecule has 0 spiro atoms. The fraction of sp³-hybridized carbons (Fsp3) is 0.375. The number of nitrogens with zero attached hydrogens (tertiary/aromatic N) is 2. The number of hydrogen-bond acceptors (Lipinski definition) is 5. The molecule has 0 unspecified atom stereocenters. The first-order chi connectivity index (χ1) is 20.2. The minimum Gasteiger partial charge on any atom is -0.494 e. The Morgan fingerprint density at radius 3 is 2.09 bits per heavy atom. The van der Waals surface area contributed by atoms with Gasteiger partial charge in [0.15, 0.2) is 0 Å². The topological polar surface area (TPSA) is 96.0 Å². The lowest BCUT2D eigenvalue weighted by atomic mass is 10.1. The van der Waals surface area contributed by atoms with Crippen molar-refractivity contribution in [2.45, 2.75) is 71.0 Å². The van der Waals surface area contributed by atoms with E-state index in [9.17, 15) is 18.0 Å². The molecule has 43 heavy (non-hydrogen) atoms. The first-order valence-corrected chi connectivity index (χ1v) is 16.2. The van der Waals surface area contributed by atoms with Gasteiger partial charge in [-0.2, -0.15) is 0 Å². The highest BCUT2D eigenvalue weighted by molar-refractivity contribution is 7.92. The van der Waals surface area contributed by atoms with Crippen molar-refractivity contribution in [3.8, 4) is 5.75 Å². The number of sulfonamides is 1. The van der Waals surface area contributed by atoms with Gasteiger partial charge in [0.1, 0.15) is 18.3 Å². The summed E-state index contributed by atoms with van der Waals surface area (Å²) in [5.41, 5.74) is 1.34. The normalized spacial score (nSPS) is 12.4. The van der Waals surface area contributed by atoms with Crippen molar-refractivity contribution in [3.63, 3.8) is 0 Å². The van der Waals surface area contributed by atoms with Gasteiger partial charge in [0.05, 0.1) is 27.2 Å². The third-order valence-corrected chi connectivity index (χ3v) is 9.07. The number of aryl methyl sites for hydroxylation is 1. The second-order valence-corrected chi connectivity index (χ2v) is 13.9. The number of hydrogen-bond donors (Lipinski definition) is 1. The molecule has 2 amide bonds. The number of nitrogens with one attached hydrogen (secondary N) is 1. The summed E-state index contributed by atoms with van der Waals surface area (Å²) in [7, 11) is -4.20. The van der Waals surface area contributed by atoms with Crippen molar-refractivity contribution < 1.29 is 22.7 Å². The van der Waals surface area contributed by atoms with Crippen LogP contribution in [0.25, 0.3) is 0 Å². The van der Waals surface area contributed by atoms with Gasteiger partial charge in [-0.1, -0.05) is 53.9 Å². The van der Waals surface area contributed by atoms with Gasteiger partial charge in [0.25, 0.3) is 10.0 Å². The summed E-state index contributed by atoms with van der Waals surface area (Å²) in [5, 5.41) is 3.61. The van der Waals surface area contributed by atoms with Crippen LogP contribution in [-0.4, -0.2) is 49.9 Å². The standard InChI is InChI=1S/C32H39Cl2N3O5S/c1-7-29(31(39)35-32(4,5)6)36(20-23-11-18-27(33)28(34)19-23)30(38)21-37(24-12-9-22(3)10-13-24)43(40,41)26-16-14-25(15-17-26)42-8-2/h9-19,29H,7-8,20-21H2,1-6H3,(H,35,39)/t29-/m0/s1. The van der Waals surface area contributed by atoms with Gasteiger partial charge in [-0.05, 0) is 95.1 Å². The Hall–Kier alpha value is -3.27. The molecule has 0 bridgehead atoms. The van der Waals surface area contributed by atoms with Crippen LogP contribution in [-0.2, 0) is 26.2 Å². The number of benzene rings is 3. The van der Waals surface area contributed by atoms with Crippen LogP contribution < -0.4 is 14.4 Å². The van der Waals surface area contributed by atoms with Gasteiger partial charge >= 0.3 is 0 Å². The number of amides is 2. The van der Waals surface area contributed by atoms with E-state index in [-0.39, 0.29) is 17.3 Å². The molecule has 3 aromatic rings. The minimum absolute atomic E-state index is 0.00196. The van der Waals surface area contributed by atoms with E-state index < -0.39 is 34.1 Å². The molecular formula is C32H39Cl2N3O5S. The molecule has 0 aliphatic carbocycles. The van der Waals surface area contributed by atoms with E-state index in [1.54, 1.807) is 61.5 Å². The average Bonchev–Trinajstić information content (AvgIpc) is 2.93. The molecule has 0 saturated heterocycles. The zero-order chi connectivity index (χ0) is 31.9. The van der Waals surface area contributed by atoms with Crippen LogP contribution in [0.1, 0.15) is 52.2 Å². The van der Waals surface area contributed by atoms with Crippen LogP contribution in [0.3, 0.4) is 0 Å². The Morgan fingerprint density at radius 2 is 1.56 bits per heavy atom. The Bertz CT molecular complexity index is 1520. The van der Waals surface area contributed by atoms with Crippen LogP contribution in [0.15, 0.2) is 71.6 Å². The van der Waals surface area contributed by atoms with Crippen LogP contribution in [0, 0.1) is 6.92 Å². The molecule has 0 saturated carbocycles. The van der Waals surface area contributed by atoms with Crippen LogP contribution >= 0.6 is 23.2 Å². The third-order valence-electron chi connectivity index (χ3n) is 6.54. The van der Waals surface area contributed by atoms with E-state index in [2.05, 4.69) is 5.32 Å². The zero-order valence-corrected chi connectivity index (χ0v) is 27.7. The summed E-state index contributed by atoms with van der Waals surface area (Å²) in [5.74, 6) is -0.375. The molecule has 0 aliphatic heterocycles. The van der Waals surface area contributed by atoms with E-state index in [4.69, 9.17) is 27.9 Å². The Balaban J connectivity index is 2.07. The highest BCUT2D eigenvalue weighted by Gasteiger charge is 2.34. The maximum atomic E-state index is 14.2. The van der Waals surface area contributed by atoms with Crippen LogP contribution in [0.5, 0.6) is 5.75 Å². The number of ether oxygens (including phenoxy) is 1. The molecule has 3 rings (SSSR count). The molecule has 1 N–H and O–H groups in total. The molecule has 0 aliphatic rings. The molecule has 8 nitrogen and oxygen atoms in total. The van der Waals surface area contributed by atoms with E-state index in [0.717, 1.165) is 9.87 Å². The van der Waals surface area contributed by atoms with Crippen molar-refractivity contribution in [2.24, 2.45) is 0 Å². The van der Waals surface area contributed by atoms with E-state index in [0.29, 0.717) is 40.1 Å². The lowest BCUT2D eigenvalue weighted by Gasteiger charge is -2.35. The lowest BCUT2D eigenvalue weighted by Crippen LogP contribution is -2.55. The average molecular weight is 649 g/mol. The number of carbonyl (C=O) groups excluding carboxylic acids is 2. The quantitative estimate of drug-likeness (QED) is 0.238. The molecule has 0 fully saturated rings. The molecule has 3 aromatic carbocycles. The third kappa shape index (κ3) is 9.11. The van der Waals surface area contributed by atoms with Crippen molar-refractivity contribution in [2.75, 3.05) is 17.5 Å². The minimum atomic E-state index is -4.20. The first kappa shape index (κ1) is 34.2. The fourth-order valence-electron chi connectivity index (χ4n) is 4.45. The van der Waals surface area contributed by atoms with Gasteiger partial charge in [0, 0.05) is 12.1 Å². The summed E-state index contributed by atoms with van der Waals surface area (Å²) in [4.78, 5) is 29.0. The fourth-order valence-corrected chi connectivity index (χ4v) is 6.18. The number of carbonyl (C=O) groups is 2. The van der Waals surface area contributed by atoms with Crippen molar-refractivity contribution in [1.82, 2.24) is 10.2 Å². The van der Waals surface area contributed by atoms with Crippen molar-refractivity contribution in [1.29, 1.82) is 0 Å². The maximum Gasteiger partial charge on any atom is 0.264 e. The molecule has 0 aromatic heterocycles. The molecule has 1 atom stereocenters. The highest BCUT2D eigenvalue weighted by Crippen LogP contribution is 2.28. The predicted octanol–water partition coefficient (Wildman–Crippen LogP) is 6.62. The summed E-state index contributed by atoms with van der Waals surface area (Å²) in [6.45, 7) is 11.0. The zero-order valence-electron chi connectivity index (χ0n) is 25.4. The van der Waals surface area contributed by atoms with Gasteiger partial charge in [0.2, 0.25) is 11.8 Å². The number of rotatable bonds is 12. The predicted molar refractivity (Wildman–Crippen MR) is 172 cm³/mol. The van der Waals surface area contributed by atoms with Crippen LogP contribution in [0.4, 0.5) is 5.69 Å². The SMILES string of the molecule is CCOc1ccc(S(=O)(=O)N(CC(=O)N(Cc2ccc(Cl)c(Cl)c2)[C@@H](CC)C(=O)NC(C)(C)C)c2ccc(C)cc2)cc1. The summed E-state index contributed by atoms with van der Waals surface area (Å²) >= 11 is 12.4. The van der Waals surface area contributed by atoms with E-state index in [1.807, 2.05) is 34.6 Å². The second kappa shape index (κ2) is 14.5. The highest BCUT2D eigenvalue weighted by atomic mass is 35.5. The van der Waals surface area contributed by atoms with E-state index >= 15 is 0 Å². The largest absolute Gasteiger partial charge is 0.494 e. The summed E-state index contributed by atoms with van der Waals surface area (Å²) in [6.07, 6.45) is 0.297. The smallest absolute Gasteiger partial charge is 0.264 e. The van der Waals surface area contributed by atoms with Crippen molar-refractivity contribution >= 4 is 50.7 Å². The molecule has 0 heterocycles. The lowest BCUT2D eigenvalue weighted by molar-refractivity contribution is -0.141. The monoisotopic (exact) mass is 647 g/mol. The first-order valence-electron chi connectivity index (χ1n) is 14.0. The second-order valence-electron chi connectivity index (χ2n) is 11.2. The van der Waals surface area contributed by atoms with Crippen molar-refractivity contribution in [3.05, 3.63) is 87.9 Å². The molecule has 0 radical (unpaired) electrons. The number of halogens is 2. The van der Waals surface area contributed by atoms with Gasteiger partial charge in [-0.3, -0.25) is 13.9 Å². The molecule has 11 heteroatoms. The Morgan fingerprint density at radius 1 is 0.930 bits per heavy atom. The van der Waals surface area contributed by atoms with Gasteiger partial charge < -0.3 is 15.0 Å². The van der Waals surface area contributed by atoms with Crippen LogP contribution in [0.2, 0.25) is 10.0 Å². The molecular weight excluding hydrogens is 609 g/mol. The Labute approximate surface area is 265 Å². The summed E-state index contributed by atoms with van der Waals surface area (Å²) in [6, 6.07) is 17.0. The number of anilines is 1. The molecule has 232 valence electrons. The van der Waals surface area contributed by atoms with E-state index in [1.165, 1.54) is 17.0 Å². The maximum absolute atomic E-state index is 14.2.